The van der Waals surface area contributed by atoms with Crippen molar-refractivity contribution >= 4 is 38.3 Å². The predicted molar refractivity (Wildman–Crippen MR) is 70.6 cm³/mol. The van der Waals surface area contributed by atoms with E-state index in [4.69, 9.17) is 0 Å². The first-order valence-electron chi connectivity index (χ1n) is 4.78. The number of hydrogen-bond donors (Lipinski definition) is 2. The van der Waals surface area contributed by atoms with Crippen molar-refractivity contribution in [2.24, 2.45) is 0 Å². The maximum Gasteiger partial charge on any atom is 0.257 e. The summed E-state index contributed by atoms with van der Waals surface area (Å²) in [6, 6.07) is 4.62. The Kier molecular flexibility index (Phi) is 3.44. The smallest absolute Gasteiger partial charge is 0.257 e. The number of nitrogens with zero attached hydrogens (tertiary/aromatic N) is 1. The Labute approximate surface area is 110 Å². The van der Waals surface area contributed by atoms with Gasteiger partial charge in [-0.05, 0) is 46.6 Å². The van der Waals surface area contributed by atoms with Gasteiger partial charge in [-0.1, -0.05) is 11.3 Å². The summed E-state index contributed by atoms with van der Waals surface area (Å²) >= 11 is 4.62. The number of halogens is 1. The fraction of sp³-hybridized carbons (Fsp3) is 0.0909. The van der Waals surface area contributed by atoms with Crippen LogP contribution in [0.4, 0.5) is 5.13 Å². The van der Waals surface area contributed by atoms with E-state index in [2.05, 4.69) is 26.2 Å². The topological polar surface area (TPSA) is 62.2 Å². The molecule has 0 bridgehead atoms. The number of carbonyl (C=O) groups is 1. The average molecular weight is 313 g/mol. The number of amides is 1. The summed E-state index contributed by atoms with van der Waals surface area (Å²) in [5, 5.41) is 12.5. The van der Waals surface area contributed by atoms with E-state index >= 15 is 0 Å². The van der Waals surface area contributed by atoms with Crippen molar-refractivity contribution < 1.29 is 9.90 Å². The van der Waals surface area contributed by atoms with Crippen LogP contribution in [0.3, 0.4) is 0 Å². The van der Waals surface area contributed by atoms with E-state index in [0.29, 0.717) is 10.7 Å². The molecule has 0 fully saturated rings. The van der Waals surface area contributed by atoms with Gasteiger partial charge >= 0.3 is 0 Å². The number of nitrogens with one attached hydrogen (secondary N) is 1. The van der Waals surface area contributed by atoms with Gasteiger partial charge in [0.05, 0.1) is 9.98 Å². The SMILES string of the molecule is Cc1cc(O)ccc1C(=O)Nc1ncc(Br)s1. The molecule has 0 saturated heterocycles. The molecule has 6 heteroatoms. The van der Waals surface area contributed by atoms with E-state index in [0.717, 1.165) is 9.35 Å². The largest absolute Gasteiger partial charge is 0.508 e. The lowest BCUT2D eigenvalue weighted by Crippen LogP contribution is -2.12. The van der Waals surface area contributed by atoms with E-state index in [1.54, 1.807) is 25.3 Å². The van der Waals surface area contributed by atoms with Crippen LogP contribution in [-0.2, 0) is 0 Å². The molecule has 0 saturated carbocycles. The predicted octanol–water partition coefficient (Wildman–Crippen LogP) is 3.17. The lowest BCUT2D eigenvalue weighted by molar-refractivity contribution is 0.102. The monoisotopic (exact) mass is 312 g/mol. The van der Waals surface area contributed by atoms with Crippen LogP contribution in [0.15, 0.2) is 28.2 Å². The zero-order valence-corrected chi connectivity index (χ0v) is 11.3. The molecule has 2 rings (SSSR count). The Bertz CT molecular complexity index is 568. The number of benzene rings is 1. The van der Waals surface area contributed by atoms with Gasteiger partial charge in [0, 0.05) is 5.56 Å². The average Bonchev–Trinajstić information content (AvgIpc) is 2.63. The van der Waals surface area contributed by atoms with Crippen molar-refractivity contribution in [2.75, 3.05) is 5.32 Å². The molecule has 0 spiro atoms. The van der Waals surface area contributed by atoms with Gasteiger partial charge in [0.25, 0.3) is 5.91 Å². The molecule has 17 heavy (non-hydrogen) atoms. The second-order valence-corrected chi connectivity index (χ2v) is 5.83. The summed E-state index contributed by atoms with van der Waals surface area (Å²) in [7, 11) is 0. The first-order chi connectivity index (χ1) is 8.06. The van der Waals surface area contributed by atoms with Crippen LogP contribution in [0.1, 0.15) is 15.9 Å². The lowest BCUT2D eigenvalue weighted by Gasteiger charge is -2.05. The molecular weight excluding hydrogens is 304 g/mol. The van der Waals surface area contributed by atoms with Crippen molar-refractivity contribution in [1.29, 1.82) is 0 Å². The van der Waals surface area contributed by atoms with Crippen LogP contribution in [0.5, 0.6) is 5.75 Å². The van der Waals surface area contributed by atoms with Crippen molar-refractivity contribution in [3.8, 4) is 5.75 Å². The van der Waals surface area contributed by atoms with Gasteiger partial charge in [-0.3, -0.25) is 10.1 Å². The molecule has 0 atom stereocenters. The van der Waals surface area contributed by atoms with E-state index in [1.165, 1.54) is 17.4 Å². The summed E-state index contributed by atoms with van der Waals surface area (Å²) in [5.41, 5.74) is 1.24. The third-order valence-corrected chi connectivity index (χ3v) is 3.54. The summed E-state index contributed by atoms with van der Waals surface area (Å²) in [4.78, 5) is 15.9. The summed E-state index contributed by atoms with van der Waals surface area (Å²) in [6.07, 6.45) is 1.63. The molecule has 4 nitrogen and oxygen atoms in total. The van der Waals surface area contributed by atoms with E-state index in [9.17, 15) is 9.90 Å². The highest BCUT2D eigenvalue weighted by molar-refractivity contribution is 9.11. The minimum Gasteiger partial charge on any atom is -0.508 e. The van der Waals surface area contributed by atoms with Crippen LogP contribution in [-0.4, -0.2) is 16.0 Å². The van der Waals surface area contributed by atoms with Gasteiger partial charge < -0.3 is 5.11 Å². The normalized spacial score (nSPS) is 10.2. The van der Waals surface area contributed by atoms with Gasteiger partial charge in [0.1, 0.15) is 5.75 Å². The zero-order valence-electron chi connectivity index (χ0n) is 8.90. The van der Waals surface area contributed by atoms with Crippen LogP contribution in [0, 0.1) is 6.92 Å². The molecule has 0 aliphatic rings. The Morgan fingerprint density at radius 1 is 1.53 bits per heavy atom. The van der Waals surface area contributed by atoms with Gasteiger partial charge in [-0.25, -0.2) is 4.98 Å². The first kappa shape index (κ1) is 12.1. The summed E-state index contributed by atoms with van der Waals surface area (Å²) in [5.74, 6) is -0.0830. The van der Waals surface area contributed by atoms with Gasteiger partial charge in [-0.15, -0.1) is 0 Å². The molecule has 1 aromatic heterocycles. The maximum atomic E-state index is 11.9. The highest BCUT2D eigenvalue weighted by atomic mass is 79.9. The number of thiazole rings is 1. The van der Waals surface area contributed by atoms with E-state index < -0.39 is 0 Å². The number of aromatic hydroxyl groups is 1. The van der Waals surface area contributed by atoms with Crippen LogP contribution < -0.4 is 5.32 Å². The third-order valence-electron chi connectivity index (χ3n) is 2.15. The standard InChI is InChI=1S/C11H9BrN2O2S/c1-6-4-7(15)2-3-8(6)10(16)14-11-13-5-9(12)17-11/h2-5,15H,1H3,(H,13,14,16). The van der Waals surface area contributed by atoms with E-state index in [1.807, 2.05) is 0 Å². The Balaban J connectivity index is 2.20. The zero-order chi connectivity index (χ0) is 12.4. The van der Waals surface area contributed by atoms with Gasteiger partial charge in [-0.2, -0.15) is 0 Å². The minimum absolute atomic E-state index is 0.149. The molecule has 1 heterocycles. The number of aromatic nitrogens is 1. The highest BCUT2D eigenvalue weighted by Crippen LogP contribution is 2.24. The first-order valence-corrected chi connectivity index (χ1v) is 6.39. The molecule has 0 aliphatic heterocycles. The molecule has 1 aromatic carbocycles. The number of phenols is 1. The molecule has 2 N–H and O–H groups in total. The highest BCUT2D eigenvalue weighted by Gasteiger charge is 2.11. The summed E-state index contributed by atoms with van der Waals surface area (Å²) in [6.45, 7) is 1.77. The number of anilines is 1. The van der Waals surface area contributed by atoms with Crippen LogP contribution >= 0.6 is 27.3 Å². The van der Waals surface area contributed by atoms with Crippen molar-refractivity contribution in [1.82, 2.24) is 4.98 Å². The molecule has 0 radical (unpaired) electrons. The van der Waals surface area contributed by atoms with Crippen LogP contribution in [0.2, 0.25) is 0 Å². The van der Waals surface area contributed by atoms with Crippen molar-refractivity contribution in [3.05, 3.63) is 39.3 Å². The molecule has 88 valence electrons. The minimum atomic E-state index is -0.232. The Morgan fingerprint density at radius 3 is 2.88 bits per heavy atom. The fourth-order valence-electron chi connectivity index (χ4n) is 1.38. The molecule has 0 aliphatic carbocycles. The number of phenolic OH excluding ortho intramolecular Hbond substituents is 1. The second-order valence-electron chi connectivity index (χ2n) is 3.42. The third kappa shape index (κ3) is 2.83. The van der Waals surface area contributed by atoms with Crippen molar-refractivity contribution in [3.63, 3.8) is 0 Å². The molecule has 1 amide bonds. The number of rotatable bonds is 2. The maximum absolute atomic E-state index is 11.9. The lowest BCUT2D eigenvalue weighted by atomic mass is 10.1. The molecule has 2 aromatic rings. The Hall–Kier alpha value is -1.40. The van der Waals surface area contributed by atoms with Gasteiger partial charge in [0.15, 0.2) is 5.13 Å². The number of carbonyl (C=O) groups excluding carboxylic acids is 1. The number of hydrogen-bond acceptors (Lipinski definition) is 4. The van der Waals surface area contributed by atoms with E-state index in [-0.39, 0.29) is 11.7 Å². The summed E-state index contributed by atoms with van der Waals surface area (Å²) < 4.78 is 0.857. The second kappa shape index (κ2) is 4.85. The number of aryl methyl sites for hydroxylation is 1. The fourth-order valence-corrected chi connectivity index (χ4v) is 2.48. The van der Waals surface area contributed by atoms with Crippen molar-refractivity contribution in [2.45, 2.75) is 6.92 Å². The molecule has 0 unspecified atom stereocenters. The quantitative estimate of drug-likeness (QED) is 0.895. The Morgan fingerprint density at radius 2 is 2.29 bits per heavy atom. The van der Waals surface area contributed by atoms with Gasteiger partial charge in [0.2, 0.25) is 0 Å². The molecular formula is C11H9BrN2O2S. The van der Waals surface area contributed by atoms with Crippen LogP contribution in [0.25, 0.3) is 0 Å².